The van der Waals surface area contributed by atoms with Gasteiger partial charge in [0.1, 0.15) is 11.6 Å². The Hall–Kier alpha value is -2.37. The fourth-order valence-electron chi connectivity index (χ4n) is 1.63. The Morgan fingerprint density at radius 3 is 3.00 bits per heavy atom. The number of aryl methyl sites for hydroxylation is 1. The van der Waals surface area contributed by atoms with Crippen molar-refractivity contribution >= 4 is 5.82 Å². The number of aromatic amines is 1. The second-order valence-corrected chi connectivity index (χ2v) is 3.99. The summed E-state index contributed by atoms with van der Waals surface area (Å²) in [5, 5.41) is 3.11. The van der Waals surface area contributed by atoms with Gasteiger partial charge in [-0.1, -0.05) is 6.92 Å². The normalized spacial score (nSPS) is 10.2. The summed E-state index contributed by atoms with van der Waals surface area (Å²) in [6.07, 6.45) is 2.37. The smallest absolute Gasteiger partial charge is 0.252 e. The molecule has 0 saturated carbocycles. The van der Waals surface area contributed by atoms with E-state index in [2.05, 4.69) is 20.3 Å². The standard InChI is InChI=1S/C13H16N4O2/c1-3-10-16-11(7-12(18)17-10)15-8-9-4-5-14-13(6-9)19-2/h4-7H,3,8H2,1-2H3,(H2,15,16,17,18). The van der Waals surface area contributed by atoms with Crippen molar-refractivity contribution in [2.24, 2.45) is 0 Å². The summed E-state index contributed by atoms with van der Waals surface area (Å²) in [6, 6.07) is 5.15. The molecule has 0 radical (unpaired) electrons. The number of anilines is 1. The minimum absolute atomic E-state index is 0.151. The summed E-state index contributed by atoms with van der Waals surface area (Å²) in [6.45, 7) is 2.49. The molecule has 0 saturated heterocycles. The molecule has 0 aliphatic heterocycles. The average molecular weight is 260 g/mol. The van der Waals surface area contributed by atoms with Gasteiger partial charge in [-0.2, -0.15) is 0 Å². The van der Waals surface area contributed by atoms with Crippen molar-refractivity contribution in [3.63, 3.8) is 0 Å². The van der Waals surface area contributed by atoms with Crippen LogP contribution in [0.3, 0.4) is 0 Å². The molecule has 2 heterocycles. The highest BCUT2D eigenvalue weighted by Crippen LogP contribution is 2.10. The minimum atomic E-state index is -0.151. The van der Waals surface area contributed by atoms with E-state index in [0.29, 0.717) is 30.5 Å². The number of nitrogens with zero attached hydrogens (tertiary/aromatic N) is 2. The molecule has 0 spiro atoms. The van der Waals surface area contributed by atoms with Gasteiger partial charge in [-0.3, -0.25) is 4.79 Å². The van der Waals surface area contributed by atoms with Crippen LogP contribution in [0.1, 0.15) is 18.3 Å². The van der Waals surface area contributed by atoms with Gasteiger partial charge >= 0.3 is 0 Å². The van der Waals surface area contributed by atoms with Gasteiger partial charge in [0.2, 0.25) is 5.88 Å². The summed E-state index contributed by atoms with van der Waals surface area (Å²) in [4.78, 5) is 22.4. The maximum atomic E-state index is 11.4. The lowest BCUT2D eigenvalue weighted by molar-refractivity contribution is 0.397. The molecular weight excluding hydrogens is 244 g/mol. The Kier molecular flexibility index (Phi) is 4.12. The van der Waals surface area contributed by atoms with Crippen LogP contribution in [0.4, 0.5) is 5.82 Å². The molecule has 0 bridgehead atoms. The molecule has 2 aromatic rings. The van der Waals surface area contributed by atoms with Crippen molar-refractivity contribution in [1.82, 2.24) is 15.0 Å². The van der Waals surface area contributed by atoms with Crippen LogP contribution in [0.2, 0.25) is 0 Å². The zero-order valence-electron chi connectivity index (χ0n) is 10.9. The van der Waals surface area contributed by atoms with Crippen LogP contribution in [-0.4, -0.2) is 22.1 Å². The highest BCUT2D eigenvalue weighted by atomic mass is 16.5. The van der Waals surface area contributed by atoms with Gasteiger partial charge in [0, 0.05) is 31.3 Å². The van der Waals surface area contributed by atoms with Gasteiger partial charge in [0.25, 0.3) is 5.56 Å². The number of aromatic nitrogens is 3. The van der Waals surface area contributed by atoms with E-state index in [1.54, 1.807) is 13.3 Å². The van der Waals surface area contributed by atoms with Crippen molar-refractivity contribution in [3.8, 4) is 5.88 Å². The molecule has 19 heavy (non-hydrogen) atoms. The van der Waals surface area contributed by atoms with Crippen molar-refractivity contribution in [3.05, 3.63) is 46.1 Å². The molecule has 6 nitrogen and oxygen atoms in total. The molecule has 0 aromatic carbocycles. The van der Waals surface area contributed by atoms with Gasteiger partial charge in [-0.25, -0.2) is 9.97 Å². The lowest BCUT2D eigenvalue weighted by Gasteiger charge is -2.07. The summed E-state index contributed by atoms with van der Waals surface area (Å²) in [5.41, 5.74) is 0.855. The summed E-state index contributed by atoms with van der Waals surface area (Å²) < 4.78 is 5.05. The first-order valence-corrected chi connectivity index (χ1v) is 6.04. The SMILES string of the molecule is CCc1nc(NCc2ccnc(OC)c2)cc(=O)[nH]1. The molecule has 0 aliphatic carbocycles. The van der Waals surface area contributed by atoms with Crippen LogP contribution in [0.25, 0.3) is 0 Å². The van der Waals surface area contributed by atoms with Crippen LogP contribution in [0.5, 0.6) is 5.88 Å². The van der Waals surface area contributed by atoms with E-state index < -0.39 is 0 Å². The third kappa shape index (κ3) is 3.54. The third-order valence-electron chi connectivity index (χ3n) is 2.61. The molecule has 0 amide bonds. The zero-order valence-corrected chi connectivity index (χ0v) is 10.9. The monoisotopic (exact) mass is 260 g/mol. The van der Waals surface area contributed by atoms with Crippen LogP contribution < -0.4 is 15.6 Å². The molecular formula is C13H16N4O2. The van der Waals surface area contributed by atoms with E-state index in [4.69, 9.17) is 4.74 Å². The summed E-state index contributed by atoms with van der Waals surface area (Å²) >= 11 is 0. The average Bonchev–Trinajstić information content (AvgIpc) is 2.44. The molecule has 0 fully saturated rings. The molecule has 0 atom stereocenters. The second-order valence-electron chi connectivity index (χ2n) is 3.99. The maximum Gasteiger partial charge on any atom is 0.252 e. The number of methoxy groups -OCH3 is 1. The van der Waals surface area contributed by atoms with Crippen LogP contribution >= 0.6 is 0 Å². The number of rotatable bonds is 5. The lowest BCUT2D eigenvalue weighted by Crippen LogP contribution is -2.13. The Morgan fingerprint density at radius 1 is 1.42 bits per heavy atom. The van der Waals surface area contributed by atoms with Crippen LogP contribution in [-0.2, 0) is 13.0 Å². The zero-order chi connectivity index (χ0) is 13.7. The van der Waals surface area contributed by atoms with Gasteiger partial charge < -0.3 is 15.0 Å². The van der Waals surface area contributed by atoms with Crippen molar-refractivity contribution < 1.29 is 4.74 Å². The molecule has 2 rings (SSSR count). The number of nitrogens with one attached hydrogen (secondary N) is 2. The number of hydrogen-bond donors (Lipinski definition) is 2. The predicted molar refractivity (Wildman–Crippen MR) is 72.4 cm³/mol. The quantitative estimate of drug-likeness (QED) is 0.848. The topological polar surface area (TPSA) is 79.9 Å². The minimum Gasteiger partial charge on any atom is -0.481 e. The summed E-state index contributed by atoms with van der Waals surface area (Å²) in [5.74, 6) is 1.80. The van der Waals surface area contributed by atoms with Gasteiger partial charge in [0.05, 0.1) is 7.11 Å². The molecule has 100 valence electrons. The number of ether oxygens (including phenoxy) is 1. The van der Waals surface area contributed by atoms with Crippen molar-refractivity contribution in [1.29, 1.82) is 0 Å². The van der Waals surface area contributed by atoms with Crippen molar-refractivity contribution in [2.45, 2.75) is 19.9 Å². The third-order valence-corrected chi connectivity index (χ3v) is 2.61. The van der Waals surface area contributed by atoms with E-state index in [-0.39, 0.29) is 5.56 Å². The van der Waals surface area contributed by atoms with E-state index in [9.17, 15) is 4.79 Å². The summed E-state index contributed by atoms with van der Waals surface area (Å²) in [7, 11) is 1.57. The number of H-pyrrole nitrogens is 1. The van der Waals surface area contributed by atoms with Gasteiger partial charge in [-0.05, 0) is 11.6 Å². The molecule has 2 N–H and O–H groups in total. The Balaban J connectivity index is 2.09. The molecule has 0 aliphatic rings. The van der Waals surface area contributed by atoms with E-state index in [0.717, 1.165) is 5.56 Å². The predicted octanol–water partition coefficient (Wildman–Crippen LogP) is 1.35. The van der Waals surface area contributed by atoms with Gasteiger partial charge in [-0.15, -0.1) is 0 Å². The first kappa shape index (κ1) is 13.1. The highest BCUT2D eigenvalue weighted by molar-refractivity contribution is 5.35. The second kappa shape index (κ2) is 5.99. The van der Waals surface area contributed by atoms with E-state index in [1.807, 2.05) is 19.1 Å². The molecule has 6 heteroatoms. The lowest BCUT2D eigenvalue weighted by atomic mass is 10.2. The molecule has 2 aromatic heterocycles. The van der Waals surface area contributed by atoms with Crippen LogP contribution in [0.15, 0.2) is 29.2 Å². The fraction of sp³-hybridized carbons (Fsp3) is 0.308. The highest BCUT2D eigenvalue weighted by Gasteiger charge is 2.01. The number of hydrogen-bond acceptors (Lipinski definition) is 5. The van der Waals surface area contributed by atoms with E-state index in [1.165, 1.54) is 6.07 Å². The van der Waals surface area contributed by atoms with Crippen LogP contribution in [0, 0.1) is 0 Å². The Morgan fingerprint density at radius 2 is 2.26 bits per heavy atom. The first-order valence-electron chi connectivity index (χ1n) is 6.04. The number of pyridine rings is 1. The fourth-order valence-corrected chi connectivity index (χ4v) is 1.63. The molecule has 0 unspecified atom stereocenters. The van der Waals surface area contributed by atoms with Gasteiger partial charge in [0.15, 0.2) is 0 Å². The van der Waals surface area contributed by atoms with Crippen molar-refractivity contribution in [2.75, 3.05) is 12.4 Å². The Labute approximate surface area is 110 Å². The largest absolute Gasteiger partial charge is 0.481 e. The first-order chi connectivity index (χ1) is 9.21. The van der Waals surface area contributed by atoms with E-state index >= 15 is 0 Å². The maximum absolute atomic E-state index is 11.4. The Bertz CT molecular complexity index is 610.